The first-order valence-electron chi connectivity index (χ1n) is 8.96. The lowest BCUT2D eigenvalue weighted by Gasteiger charge is -2.50. The molecule has 1 N–H and O–H groups in total. The van der Waals surface area contributed by atoms with Gasteiger partial charge in [0, 0.05) is 5.02 Å². The highest BCUT2D eigenvalue weighted by molar-refractivity contribution is 6.30. The van der Waals surface area contributed by atoms with Crippen molar-refractivity contribution in [2.45, 2.75) is 65.2 Å². The van der Waals surface area contributed by atoms with Gasteiger partial charge in [0.1, 0.15) is 16.7 Å². The van der Waals surface area contributed by atoms with Crippen molar-refractivity contribution in [3.8, 4) is 0 Å². The number of hydrogen-bond acceptors (Lipinski definition) is 4. The first-order chi connectivity index (χ1) is 12.2. The van der Waals surface area contributed by atoms with Gasteiger partial charge in [-0.3, -0.25) is 0 Å². The fourth-order valence-electron chi connectivity index (χ4n) is 3.04. The zero-order chi connectivity index (χ0) is 20.6. The molecule has 2 amide bonds. The van der Waals surface area contributed by atoms with Crippen LogP contribution in [0.2, 0.25) is 5.02 Å². The van der Waals surface area contributed by atoms with Gasteiger partial charge >= 0.3 is 12.2 Å². The maximum absolute atomic E-state index is 12.4. The molecule has 1 fully saturated rings. The van der Waals surface area contributed by atoms with Gasteiger partial charge in [-0.2, -0.15) is 0 Å². The van der Waals surface area contributed by atoms with Crippen molar-refractivity contribution in [2.75, 3.05) is 13.1 Å². The van der Waals surface area contributed by atoms with Gasteiger partial charge in [-0.1, -0.05) is 17.7 Å². The molecule has 0 bridgehead atoms. The van der Waals surface area contributed by atoms with E-state index in [-0.39, 0.29) is 0 Å². The van der Waals surface area contributed by atoms with Crippen LogP contribution in [0.3, 0.4) is 0 Å². The Morgan fingerprint density at radius 2 is 1.63 bits per heavy atom. The second kappa shape index (κ2) is 7.23. The minimum atomic E-state index is -0.742. The summed E-state index contributed by atoms with van der Waals surface area (Å²) < 4.78 is 10.8. The second-order valence-corrected chi connectivity index (χ2v) is 9.44. The van der Waals surface area contributed by atoms with Gasteiger partial charge in [-0.15, -0.1) is 0 Å². The van der Waals surface area contributed by atoms with Crippen molar-refractivity contribution >= 4 is 23.8 Å². The van der Waals surface area contributed by atoms with E-state index in [4.69, 9.17) is 21.1 Å². The minimum Gasteiger partial charge on any atom is -0.444 e. The third-order valence-electron chi connectivity index (χ3n) is 4.02. The van der Waals surface area contributed by atoms with E-state index in [0.29, 0.717) is 18.1 Å². The zero-order valence-corrected chi connectivity index (χ0v) is 17.9. The Morgan fingerprint density at radius 1 is 1.07 bits per heavy atom. The Morgan fingerprint density at radius 3 is 2.11 bits per heavy atom. The molecule has 0 atom stereocenters. The van der Waals surface area contributed by atoms with Crippen molar-refractivity contribution in [2.24, 2.45) is 0 Å². The largest absolute Gasteiger partial charge is 0.444 e. The van der Waals surface area contributed by atoms with Gasteiger partial charge in [-0.05, 0) is 71.7 Å². The van der Waals surface area contributed by atoms with Crippen LogP contribution < -0.4 is 5.32 Å². The molecule has 2 rings (SSSR count). The van der Waals surface area contributed by atoms with Crippen LogP contribution in [-0.2, 0) is 15.0 Å². The van der Waals surface area contributed by atoms with Crippen LogP contribution in [-0.4, -0.2) is 41.4 Å². The smallest absolute Gasteiger partial charge is 0.410 e. The number of benzene rings is 1. The summed E-state index contributed by atoms with van der Waals surface area (Å²) in [4.78, 5) is 26.3. The number of halogens is 1. The molecule has 0 radical (unpaired) electrons. The molecular weight excluding hydrogens is 368 g/mol. The third-order valence-corrected chi connectivity index (χ3v) is 4.25. The summed E-state index contributed by atoms with van der Waals surface area (Å²) in [6.45, 7) is 13.4. The maximum atomic E-state index is 12.4. The van der Waals surface area contributed by atoms with E-state index in [1.807, 2.05) is 39.8 Å². The van der Waals surface area contributed by atoms with E-state index in [0.717, 1.165) is 11.1 Å². The minimum absolute atomic E-state index is 0.295. The average molecular weight is 397 g/mol. The number of ether oxygens (including phenoxy) is 2. The van der Waals surface area contributed by atoms with Crippen molar-refractivity contribution in [1.82, 2.24) is 10.2 Å². The molecule has 0 unspecified atom stereocenters. The van der Waals surface area contributed by atoms with E-state index in [9.17, 15) is 9.59 Å². The number of amides is 2. The van der Waals surface area contributed by atoms with Crippen molar-refractivity contribution < 1.29 is 19.1 Å². The quantitative estimate of drug-likeness (QED) is 0.791. The predicted octanol–water partition coefficient (Wildman–Crippen LogP) is 4.62. The Balaban J connectivity index is 2.24. The van der Waals surface area contributed by atoms with Gasteiger partial charge in [0.05, 0.1) is 13.1 Å². The molecule has 150 valence electrons. The molecule has 0 spiro atoms. The zero-order valence-electron chi connectivity index (χ0n) is 17.1. The summed E-state index contributed by atoms with van der Waals surface area (Å²) in [5.74, 6) is 0. The van der Waals surface area contributed by atoms with Gasteiger partial charge in [-0.25, -0.2) is 9.59 Å². The number of hydrogen-bond donors (Lipinski definition) is 1. The number of likely N-dealkylation sites (tertiary alicyclic amines) is 1. The van der Waals surface area contributed by atoms with Gasteiger partial charge in [0.15, 0.2) is 0 Å². The Bertz CT molecular complexity index is 728. The lowest BCUT2D eigenvalue weighted by atomic mass is 9.80. The van der Waals surface area contributed by atoms with Crippen LogP contribution in [0.5, 0.6) is 0 Å². The number of aryl methyl sites for hydroxylation is 1. The molecule has 0 saturated carbocycles. The molecule has 1 aliphatic rings. The highest BCUT2D eigenvalue weighted by Crippen LogP contribution is 2.36. The summed E-state index contributed by atoms with van der Waals surface area (Å²) in [6.07, 6.45) is -0.934. The summed E-state index contributed by atoms with van der Waals surface area (Å²) in [6, 6.07) is 5.49. The first kappa shape index (κ1) is 21.4. The highest BCUT2D eigenvalue weighted by atomic mass is 35.5. The normalized spacial score (nSPS) is 16.4. The van der Waals surface area contributed by atoms with Crippen molar-refractivity contribution in [3.63, 3.8) is 0 Å². The van der Waals surface area contributed by atoms with E-state index in [1.165, 1.54) is 0 Å². The summed E-state index contributed by atoms with van der Waals surface area (Å²) in [7, 11) is 0. The second-order valence-electron chi connectivity index (χ2n) is 9.00. The number of alkyl carbamates (subject to hydrolysis) is 1. The molecule has 1 aromatic rings. The van der Waals surface area contributed by atoms with Gasteiger partial charge < -0.3 is 19.7 Å². The van der Waals surface area contributed by atoms with E-state index >= 15 is 0 Å². The van der Waals surface area contributed by atoms with E-state index in [2.05, 4.69) is 5.32 Å². The first-order valence-corrected chi connectivity index (χ1v) is 9.34. The number of carbonyl (C=O) groups excluding carboxylic acids is 2. The Labute approximate surface area is 166 Å². The molecule has 0 aliphatic carbocycles. The lowest BCUT2D eigenvalue weighted by molar-refractivity contribution is -0.0231. The van der Waals surface area contributed by atoms with E-state index < -0.39 is 28.9 Å². The van der Waals surface area contributed by atoms with Gasteiger partial charge in [0.25, 0.3) is 0 Å². The Kier molecular flexibility index (Phi) is 5.71. The fourth-order valence-corrected chi connectivity index (χ4v) is 3.27. The summed E-state index contributed by atoms with van der Waals surface area (Å²) in [5, 5.41) is 3.57. The van der Waals surface area contributed by atoms with Crippen LogP contribution in [0.4, 0.5) is 9.59 Å². The molecule has 27 heavy (non-hydrogen) atoms. The predicted molar refractivity (Wildman–Crippen MR) is 105 cm³/mol. The molecule has 1 heterocycles. The summed E-state index contributed by atoms with van der Waals surface area (Å²) in [5.41, 5.74) is -0.104. The lowest BCUT2D eigenvalue weighted by Crippen LogP contribution is -2.69. The summed E-state index contributed by atoms with van der Waals surface area (Å²) >= 11 is 6.08. The van der Waals surface area contributed by atoms with Crippen LogP contribution in [0.1, 0.15) is 52.7 Å². The van der Waals surface area contributed by atoms with Crippen molar-refractivity contribution in [1.29, 1.82) is 0 Å². The van der Waals surface area contributed by atoms with Gasteiger partial charge in [0.2, 0.25) is 0 Å². The average Bonchev–Trinajstić information content (AvgIpc) is 2.38. The van der Waals surface area contributed by atoms with Crippen LogP contribution >= 0.6 is 11.6 Å². The third kappa shape index (κ3) is 5.51. The van der Waals surface area contributed by atoms with Crippen LogP contribution in [0, 0.1) is 6.92 Å². The monoisotopic (exact) mass is 396 g/mol. The van der Waals surface area contributed by atoms with Crippen molar-refractivity contribution in [3.05, 3.63) is 34.3 Å². The highest BCUT2D eigenvalue weighted by Gasteiger charge is 2.50. The molecule has 0 aromatic heterocycles. The Hall–Kier alpha value is -1.95. The molecule has 1 aliphatic heterocycles. The number of nitrogens with zero attached hydrogens (tertiary/aromatic N) is 1. The fraction of sp³-hybridized carbons (Fsp3) is 0.600. The standard InChI is InChI=1S/C20H29ClN2O4/c1-13-10-14(21)8-9-15(13)20(22-16(24)26-18(2,3)4)11-23(12-20)17(25)27-19(5,6)7/h8-10H,11-12H2,1-7H3,(H,22,24). The van der Waals surface area contributed by atoms with E-state index in [1.54, 1.807) is 31.7 Å². The molecule has 1 saturated heterocycles. The molecule has 7 heteroatoms. The van der Waals surface area contributed by atoms with Crippen LogP contribution in [0.15, 0.2) is 18.2 Å². The SMILES string of the molecule is Cc1cc(Cl)ccc1C1(NC(=O)OC(C)(C)C)CN(C(=O)OC(C)(C)C)C1. The number of nitrogens with one attached hydrogen (secondary N) is 1. The van der Waals surface area contributed by atoms with Crippen LogP contribution in [0.25, 0.3) is 0 Å². The number of carbonyl (C=O) groups is 2. The molecule has 1 aromatic carbocycles. The maximum Gasteiger partial charge on any atom is 0.410 e. The number of rotatable bonds is 2. The molecular formula is C20H29ClN2O4. The molecule has 6 nitrogen and oxygen atoms in total. The topological polar surface area (TPSA) is 67.9 Å².